The second-order valence-corrected chi connectivity index (χ2v) is 5.98. The Morgan fingerprint density at radius 3 is 2.71 bits per heavy atom. The van der Waals surface area contributed by atoms with Gasteiger partial charge in [-0.15, -0.1) is 5.10 Å². The molecule has 0 saturated carbocycles. The first-order valence-corrected chi connectivity index (χ1v) is 7.91. The van der Waals surface area contributed by atoms with Gasteiger partial charge in [0.15, 0.2) is 11.0 Å². The van der Waals surface area contributed by atoms with Crippen molar-refractivity contribution in [2.75, 3.05) is 12.0 Å². The number of nitrogens with zero attached hydrogens (tertiary/aromatic N) is 5. The third kappa shape index (κ3) is 2.46. The molecule has 108 valence electrons. The van der Waals surface area contributed by atoms with Crippen molar-refractivity contribution >= 4 is 39.4 Å². The third-order valence-electron chi connectivity index (χ3n) is 2.87. The van der Waals surface area contributed by atoms with Crippen LogP contribution in [-0.2, 0) is 0 Å². The fraction of sp³-hybridized carbons (Fsp3) is 0.167. The van der Waals surface area contributed by atoms with Crippen LogP contribution in [0.25, 0.3) is 17.2 Å². The van der Waals surface area contributed by atoms with Gasteiger partial charge in [0.05, 0.1) is 5.56 Å². The van der Waals surface area contributed by atoms with Crippen molar-refractivity contribution in [1.82, 2.24) is 24.6 Å². The monoisotopic (exact) mass is 368 g/mol. The molecule has 0 aliphatic rings. The Hall–Kier alpha value is -1.74. The summed E-state index contributed by atoms with van der Waals surface area (Å²) in [5, 5.41) is 4.69. The van der Waals surface area contributed by atoms with Crippen LogP contribution >= 0.6 is 27.7 Å². The molecule has 2 aromatic heterocycles. The van der Waals surface area contributed by atoms with E-state index in [9.17, 15) is 4.39 Å². The zero-order chi connectivity index (χ0) is 15.1. The van der Waals surface area contributed by atoms with Crippen molar-refractivity contribution in [3.8, 4) is 11.4 Å². The quantitative estimate of drug-likeness (QED) is 0.700. The molecule has 3 rings (SSSR count). The number of nitrogen functional groups attached to an aromatic ring is 1. The fourth-order valence-corrected chi connectivity index (χ4v) is 2.87. The summed E-state index contributed by atoms with van der Waals surface area (Å²) in [6, 6.07) is 3.17. The Bertz CT molecular complexity index is 826. The normalized spacial score (nSPS) is 11.2. The van der Waals surface area contributed by atoms with Crippen LogP contribution in [0.2, 0.25) is 0 Å². The number of anilines is 1. The lowest BCUT2D eigenvalue weighted by Gasteiger charge is -2.03. The first-order valence-electron chi connectivity index (χ1n) is 5.90. The van der Waals surface area contributed by atoms with Gasteiger partial charge in [-0.1, -0.05) is 27.7 Å². The highest BCUT2D eigenvalue weighted by molar-refractivity contribution is 9.10. The number of benzene rings is 1. The summed E-state index contributed by atoms with van der Waals surface area (Å²) in [5.41, 5.74) is 6.86. The molecule has 0 fully saturated rings. The van der Waals surface area contributed by atoms with E-state index < -0.39 is 5.82 Å². The molecule has 2 N–H and O–H groups in total. The number of fused-ring (bicyclic) bond motifs is 1. The molecule has 0 spiro atoms. The SMILES string of the molecule is CSc1nc(N)n2nc(-c3c(C)cc(Br)cc3F)nc2n1. The lowest BCUT2D eigenvalue weighted by molar-refractivity contribution is 0.628. The number of nitrogens with two attached hydrogens (primary N) is 1. The number of rotatable bonds is 2. The van der Waals surface area contributed by atoms with Gasteiger partial charge in [-0.05, 0) is 30.9 Å². The van der Waals surface area contributed by atoms with Crippen LogP contribution in [0.4, 0.5) is 10.3 Å². The van der Waals surface area contributed by atoms with Gasteiger partial charge in [0.1, 0.15) is 5.82 Å². The molecule has 0 amide bonds. The van der Waals surface area contributed by atoms with E-state index in [4.69, 9.17) is 5.73 Å². The van der Waals surface area contributed by atoms with Crippen molar-refractivity contribution < 1.29 is 4.39 Å². The molecule has 0 unspecified atom stereocenters. The van der Waals surface area contributed by atoms with Crippen molar-refractivity contribution in [2.45, 2.75) is 12.1 Å². The highest BCUT2D eigenvalue weighted by Gasteiger charge is 2.17. The van der Waals surface area contributed by atoms with Crippen LogP contribution in [0.5, 0.6) is 0 Å². The number of halogens is 2. The number of aromatic nitrogens is 5. The van der Waals surface area contributed by atoms with Crippen LogP contribution in [0, 0.1) is 12.7 Å². The first kappa shape index (κ1) is 14.2. The minimum Gasteiger partial charge on any atom is -0.368 e. The molecular formula is C12H10BrFN6S. The lowest BCUT2D eigenvalue weighted by Crippen LogP contribution is -2.04. The minimum absolute atomic E-state index is 0.165. The van der Waals surface area contributed by atoms with Gasteiger partial charge in [-0.2, -0.15) is 19.5 Å². The number of aryl methyl sites for hydroxylation is 1. The number of hydrogen-bond acceptors (Lipinski definition) is 6. The van der Waals surface area contributed by atoms with Gasteiger partial charge < -0.3 is 5.73 Å². The topological polar surface area (TPSA) is 82.0 Å². The van der Waals surface area contributed by atoms with Crippen molar-refractivity contribution in [2.24, 2.45) is 0 Å². The van der Waals surface area contributed by atoms with E-state index >= 15 is 0 Å². The second kappa shape index (κ2) is 5.23. The maximum absolute atomic E-state index is 14.2. The van der Waals surface area contributed by atoms with Crippen molar-refractivity contribution in [3.63, 3.8) is 0 Å². The molecule has 2 heterocycles. The highest BCUT2D eigenvalue weighted by atomic mass is 79.9. The Balaban J connectivity index is 2.25. The summed E-state index contributed by atoms with van der Waals surface area (Å²) >= 11 is 4.60. The van der Waals surface area contributed by atoms with Gasteiger partial charge >= 0.3 is 0 Å². The summed E-state index contributed by atoms with van der Waals surface area (Å²) in [6.45, 7) is 1.79. The van der Waals surface area contributed by atoms with E-state index in [0.717, 1.165) is 5.56 Å². The highest BCUT2D eigenvalue weighted by Crippen LogP contribution is 2.28. The Labute approximate surface area is 132 Å². The second-order valence-electron chi connectivity index (χ2n) is 4.30. The van der Waals surface area contributed by atoms with Gasteiger partial charge in [0.2, 0.25) is 5.95 Å². The standard InChI is InChI=1S/C12H10BrFN6S/c1-5-3-6(13)4-7(14)8(5)9-16-11-18-12(21-2)17-10(15)20(11)19-9/h3-4H,1-2H3,(H2,15,16,17,18,19). The Kier molecular flexibility index (Phi) is 3.54. The average Bonchev–Trinajstić information content (AvgIpc) is 2.81. The van der Waals surface area contributed by atoms with Gasteiger partial charge in [-0.25, -0.2) is 4.39 Å². The minimum atomic E-state index is -0.408. The molecule has 3 aromatic rings. The molecule has 0 atom stereocenters. The van der Waals surface area contributed by atoms with E-state index in [2.05, 4.69) is 36.0 Å². The zero-order valence-electron chi connectivity index (χ0n) is 11.1. The van der Waals surface area contributed by atoms with E-state index in [-0.39, 0.29) is 11.8 Å². The van der Waals surface area contributed by atoms with E-state index in [0.29, 0.717) is 21.0 Å². The Morgan fingerprint density at radius 1 is 1.29 bits per heavy atom. The first-order chi connectivity index (χ1) is 9.99. The van der Waals surface area contributed by atoms with Gasteiger partial charge in [-0.3, -0.25) is 0 Å². The predicted octanol–water partition coefficient (Wildman–Crippen LogP) is 2.70. The molecule has 21 heavy (non-hydrogen) atoms. The molecule has 0 aliphatic carbocycles. The molecular weight excluding hydrogens is 359 g/mol. The molecule has 0 radical (unpaired) electrons. The van der Waals surface area contributed by atoms with E-state index in [1.165, 1.54) is 22.3 Å². The summed E-state index contributed by atoms with van der Waals surface area (Å²) in [5.74, 6) is 0.285. The van der Waals surface area contributed by atoms with Crippen molar-refractivity contribution in [3.05, 3.63) is 28.0 Å². The molecule has 6 nitrogen and oxygen atoms in total. The lowest BCUT2D eigenvalue weighted by atomic mass is 10.1. The number of thioether (sulfide) groups is 1. The maximum Gasteiger partial charge on any atom is 0.258 e. The third-order valence-corrected chi connectivity index (χ3v) is 3.88. The summed E-state index contributed by atoms with van der Waals surface area (Å²) in [4.78, 5) is 12.5. The molecule has 0 bridgehead atoms. The molecule has 0 saturated heterocycles. The van der Waals surface area contributed by atoms with Crippen LogP contribution < -0.4 is 5.73 Å². The van der Waals surface area contributed by atoms with Crippen LogP contribution in [-0.4, -0.2) is 30.8 Å². The predicted molar refractivity (Wildman–Crippen MR) is 82.6 cm³/mol. The van der Waals surface area contributed by atoms with Crippen LogP contribution in [0.15, 0.2) is 21.8 Å². The summed E-state index contributed by atoms with van der Waals surface area (Å²) in [7, 11) is 0. The summed E-state index contributed by atoms with van der Waals surface area (Å²) in [6.07, 6.45) is 1.83. The smallest absolute Gasteiger partial charge is 0.258 e. The summed E-state index contributed by atoms with van der Waals surface area (Å²) < 4.78 is 16.1. The average molecular weight is 369 g/mol. The van der Waals surface area contributed by atoms with E-state index in [1.807, 2.05) is 6.26 Å². The Morgan fingerprint density at radius 2 is 2.05 bits per heavy atom. The van der Waals surface area contributed by atoms with Crippen LogP contribution in [0.3, 0.4) is 0 Å². The van der Waals surface area contributed by atoms with E-state index in [1.54, 1.807) is 13.0 Å². The van der Waals surface area contributed by atoms with Gasteiger partial charge in [0.25, 0.3) is 5.78 Å². The molecule has 1 aromatic carbocycles. The van der Waals surface area contributed by atoms with Crippen LogP contribution in [0.1, 0.15) is 5.56 Å². The fourth-order valence-electron chi connectivity index (χ4n) is 1.97. The largest absolute Gasteiger partial charge is 0.368 e. The number of hydrogen-bond donors (Lipinski definition) is 1. The molecule has 9 heteroatoms. The van der Waals surface area contributed by atoms with Crippen molar-refractivity contribution in [1.29, 1.82) is 0 Å². The van der Waals surface area contributed by atoms with Gasteiger partial charge in [0, 0.05) is 4.47 Å². The molecule has 0 aliphatic heterocycles. The maximum atomic E-state index is 14.2. The zero-order valence-corrected chi connectivity index (χ0v) is 13.5.